The van der Waals surface area contributed by atoms with Crippen LogP contribution in [-0.4, -0.2) is 46.1 Å². The minimum atomic E-state index is -3.00. The van der Waals surface area contributed by atoms with Gasteiger partial charge in [0.15, 0.2) is 17.5 Å². The number of halogens is 1. The lowest BCUT2D eigenvalue weighted by Crippen LogP contribution is -2.26. The van der Waals surface area contributed by atoms with E-state index in [4.69, 9.17) is 15.2 Å². The van der Waals surface area contributed by atoms with Crippen molar-refractivity contribution in [3.8, 4) is 11.5 Å². The van der Waals surface area contributed by atoms with Gasteiger partial charge in [0.05, 0.1) is 19.0 Å². The van der Waals surface area contributed by atoms with Crippen molar-refractivity contribution in [3.05, 3.63) is 18.2 Å². The molecule has 0 unspecified atom stereocenters. The SMILES string of the molecule is CS(=O)(=O)CC1(CN=C(N)Nc2ccc3c(c2)OCCCO3)CC1.I. The quantitative estimate of drug-likeness (QED) is 0.379. The van der Waals surface area contributed by atoms with Crippen LogP contribution in [0.4, 0.5) is 5.69 Å². The lowest BCUT2D eigenvalue weighted by atomic mass is 10.1. The molecule has 140 valence electrons. The van der Waals surface area contributed by atoms with E-state index in [1.165, 1.54) is 6.26 Å². The second-order valence-corrected chi connectivity index (χ2v) is 8.75. The Labute approximate surface area is 165 Å². The smallest absolute Gasteiger partial charge is 0.193 e. The number of nitrogens with one attached hydrogen (secondary N) is 1. The van der Waals surface area contributed by atoms with Gasteiger partial charge in [-0.25, -0.2) is 8.42 Å². The van der Waals surface area contributed by atoms with Crippen molar-refractivity contribution in [2.24, 2.45) is 16.1 Å². The molecular weight excluding hydrogens is 457 g/mol. The molecule has 1 fully saturated rings. The molecule has 3 rings (SSSR count). The highest BCUT2D eigenvalue weighted by Crippen LogP contribution is 2.46. The lowest BCUT2D eigenvalue weighted by molar-refractivity contribution is 0.297. The number of sulfone groups is 1. The number of hydrogen-bond donors (Lipinski definition) is 2. The fraction of sp³-hybridized carbons (Fsp3) is 0.562. The summed E-state index contributed by atoms with van der Waals surface area (Å²) in [5, 5.41) is 3.02. The second-order valence-electron chi connectivity index (χ2n) is 6.61. The number of ether oxygens (including phenoxy) is 2. The first-order chi connectivity index (χ1) is 11.4. The molecule has 1 aliphatic heterocycles. The Morgan fingerprint density at radius 3 is 2.60 bits per heavy atom. The third-order valence-electron chi connectivity index (χ3n) is 4.13. The highest BCUT2D eigenvalue weighted by Gasteiger charge is 2.45. The van der Waals surface area contributed by atoms with Crippen molar-refractivity contribution in [2.45, 2.75) is 19.3 Å². The van der Waals surface area contributed by atoms with Gasteiger partial charge in [0.2, 0.25) is 0 Å². The maximum Gasteiger partial charge on any atom is 0.193 e. The summed E-state index contributed by atoms with van der Waals surface area (Å²) in [6, 6.07) is 5.51. The molecule has 25 heavy (non-hydrogen) atoms. The molecule has 0 radical (unpaired) electrons. The van der Waals surface area contributed by atoms with Crippen LogP contribution < -0.4 is 20.5 Å². The van der Waals surface area contributed by atoms with Gasteiger partial charge in [-0.3, -0.25) is 4.99 Å². The third-order valence-corrected chi connectivity index (χ3v) is 5.27. The molecule has 1 heterocycles. The van der Waals surface area contributed by atoms with Gasteiger partial charge in [0.1, 0.15) is 9.84 Å². The summed E-state index contributed by atoms with van der Waals surface area (Å²) in [5.41, 5.74) is 6.46. The van der Waals surface area contributed by atoms with Gasteiger partial charge < -0.3 is 20.5 Å². The minimum Gasteiger partial charge on any atom is -0.490 e. The van der Waals surface area contributed by atoms with Crippen LogP contribution in [-0.2, 0) is 9.84 Å². The average Bonchev–Trinajstić information content (AvgIpc) is 3.27. The minimum absolute atomic E-state index is 0. The lowest BCUT2D eigenvalue weighted by Gasteiger charge is -2.13. The monoisotopic (exact) mass is 481 g/mol. The number of rotatable bonds is 5. The van der Waals surface area contributed by atoms with Crippen LogP contribution in [0, 0.1) is 5.41 Å². The predicted molar refractivity (Wildman–Crippen MR) is 109 cm³/mol. The molecular formula is C16H24IN3O4S. The largest absolute Gasteiger partial charge is 0.490 e. The highest BCUT2D eigenvalue weighted by atomic mass is 127. The summed E-state index contributed by atoms with van der Waals surface area (Å²) in [6.07, 6.45) is 3.86. The Morgan fingerprint density at radius 1 is 1.28 bits per heavy atom. The number of fused-ring (bicyclic) bond motifs is 1. The molecule has 0 spiro atoms. The zero-order valence-corrected chi connectivity index (χ0v) is 17.3. The van der Waals surface area contributed by atoms with E-state index >= 15 is 0 Å². The van der Waals surface area contributed by atoms with Crippen LogP contribution in [0.1, 0.15) is 19.3 Å². The maximum atomic E-state index is 11.5. The van der Waals surface area contributed by atoms with E-state index in [9.17, 15) is 8.42 Å². The van der Waals surface area contributed by atoms with Crippen LogP contribution in [0.15, 0.2) is 23.2 Å². The van der Waals surface area contributed by atoms with Gasteiger partial charge in [0, 0.05) is 36.4 Å². The number of nitrogens with two attached hydrogens (primary N) is 1. The van der Waals surface area contributed by atoms with Gasteiger partial charge in [-0.2, -0.15) is 0 Å². The molecule has 0 atom stereocenters. The van der Waals surface area contributed by atoms with Gasteiger partial charge >= 0.3 is 0 Å². The molecule has 1 aromatic rings. The molecule has 9 heteroatoms. The summed E-state index contributed by atoms with van der Waals surface area (Å²) in [5.74, 6) is 1.84. The van der Waals surface area contributed by atoms with Gasteiger partial charge in [0.25, 0.3) is 0 Å². The Balaban J connectivity index is 0.00000225. The summed E-state index contributed by atoms with van der Waals surface area (Å²) in [4.78, 5) is 4.32. The molecule has 7 nitrogen and oxygen atoms in total. The Morgan fingerprint density at radius 2 is 1.96 bits per heavy atom. The molecule has 2 aliphatic rings. The number of guanidine groups is 1. The first-order valence-electron chi connectivity index (χ1n) is 8.00. The van der Waals surface area contributed by atoms with Crippen LogP contribution in [0.5, 0.6) is 11.5 Å². The highest BCUT2D eigenvalue weighted by molar-refractivity contribution is 14.0. The molecule has 0 saturated heterocycles. The van der Waals surface area contributed by atoms with Crippen LogP contribution >= 0.6 is 24.0 Å². The van der Waals surface area contributed by atoms with Gasteiger partial charge in [-0.15, -0.1) is 24.0 Å². The first-order valence-corrected chi connectivity index (χ1v) is 10.1. The molecule has 0 bridgehead atoms. The number of benzene rings is 1. The predicted octanol–water partition coefficient (Wildman–Crippen LogP) is 2.02. The number of nitrogens with zero attached hydrogens (tertiary/aromatic N) is 1. The molecule has 0 aromatic heterocycles. The number of anilines is 1. The zero-order chi connectivity index (χ0) is 17.2. The van der Waals surface area contributed by atoms with Crippen molar-refractivity contribution >= 4 is 45.5 Å². The van der Waals surface area contributed by atoms with E-state index < -0.39 is 9.84 Å². The van der Waals surface area contributed by atoms with Crippen LogP contribution in [0.3, 0.4) is 0 Å². The van der Waals surface area contributed by atoms with E-state index in [1.807, 2.05) is 18.2 Å². The molecule has 1 saturated carbocycles. The second kappa shape index (κ2) is 7.98. The van der Waals surface area contributed by atoms with Gasteiger partial charge in [-0.05, 0) is 25.0 Å². The van der Waals surface area contributed by atoms with Crippen LogP contribution in [0.25, 0.3) is 0 Å². The van der Waals surface area contributed by atoms with Gasteiger partial charge in [-0.1, -0.05) is 0 Å². The zero-order valence-electron chi connectivity index (χ0n) is 14.2. The maximum absolute atomic E-state index is 11.5. The molecule has 0 amide bonds. The standard InChI is InChI=1S/C16H23N3O4S.HI/c1-24(20,21)11-16(5-6-16)10-18-15(17)19-12-3-4-13-14(9-12)23-8-2-7-22-13;/h3-4,9H,2,5-8,10-11H2,1H3,(H3,17,18,19);1H. The Hall–Kier alpha value is -1.23. The van der Waals surface area contributed by atoms with E-state index in [2.05, 4.69) is 10.3 Å². The number of hydrogen-bond acceptors (Lipinski definition) is 5. The summed E-state index contributed by atoms with van der Waals surface area (Å²) < 4.78 is 34.2. The topological polar surface area (TPSA) is 103 Å². The van der Waals surface area contributed by atoms with E-state index in [1.54, 1.807) is 0 Å². The molecule has 1 aromatic carbocycles. The van der Waals surface area contributed by atoms with Crippen molar-refractivity contribution in [3.63, 3.8) is 0 Å². The Bertz CT molecular complexity index is 748. The van der Waals surface area contributed by atoms with Crippen molar-refractivity contribution in [2.75, 3.05) is 37.1 Å². The number of aliphatic imine (C=N–C) groups is 1. The van der Waals surface area contributed by atoms with E-state index in [0.717, 1.165) is 30.7 Å². The molecule has 3 N–H and O–H groups in total. The first kappa shape index (κ1) is 20.1. The summed E-state index contributed by atoms with van der Waals surface area (Å²) in [6.45, 7) is 1.68. The van der Waals surface area contributed by atoms with Crippen molar-refractivity contribution in [1.82, 2.24) is 0 Å². The van der Waals surface area contributed by atoms with Crippen LogP contribution in [0.2, 0.25) is 0 Å². The van der Waals surface area contributed by atoms with Crippen molar-refractivity contribution < 1.29 is 17.9 Å². The third kappa shape index (κ3) is 5.91. The molecule has 1 aliphatic carbocycles. The van der Waals surface area contributed by atoms with E-state index in [-0.39, 0.29) is 41.1 Å². The summed E-state index contributed by atoms with van der Waals surface area (Å²) >= 11 is 0. The van der Waals surface area contributed by atoms with E-state index in [0.29, 0.717) is 25.5 Å². The van der Waals surface area contributed by atoms with Crippen molar-refractivity contribution in [1.29, 1.82) is 0 Å². The fourth-order valence-electron chi connectivity index (χ4n) is 2.76. The Kier molecular flexibility index (Phi) is 6.41. The average molecular weight is 481 g/mol. The normalized spacial score (nSPS) is 18.7. The fourth-order valence-corrected chi connectivity index (χ4v) is 4.25. The summed E-state index contributed by atoms with van der Waals surface area (Å²) in [7, 11) is -3.00.